The van der Waals surface area contributed by atoms with Crippen molar-refractivity contribution in [3.05, 3.63) is 36.4 Å². The number of carbonyl (C=O) groups excluding carboxylic acids is 1. The van der Waals surface area contributed by atoms with Crippen molar-refractivity contribution in [3.63, 3.8) is 0 Å². The second-order valence-electron chi connectivity index (χ2n) is 5.93. The fraction of sp³-hybridized carbons (Fsp3) is 0.500. The number of hydrogen-bond donors (Lipinski definition) is 2. The van der Waals surface area contributed by atoms with E-state index in [-0.39, 0.29) is 12.1 Å². The average molecular weight is 329 g/mol. The molecular weight excluding hydrogens is 306 g/mol. The van der Waals surface area contributed by atoms with Crippen LogP contribution in [0.25, 0.3) is 0 Å². The van der Waals surface area contributed by atoms with Crippen LogP contribution in [0.15, 0.2) is 30.9 Å². The van der Waals surface area contributed by atoms with Crippen LogP contribution in [0.2, 0.25) is 0 Å². The molecule has 8 heteroatoms. The first kappa shape index (κ1) is 16.4. The zero-order valence-corrected chi connectivity index (χ0v) is 13.9. The summed E-state index contributed by atoms with van der Waals surface area (Å²) in [6.45, 7) is 5.57. The second-order valence-corrected chi connectivity index (χ2v) is 5.93. The number of likely N-dealkylation sites (tertiary alicyclic amines) is 1. The molecule has 1 aliphatic rings. The average Bonchev–Trinajstić information content (AvgIpc) is 3.05. The van der Waals surface area contributed by atoms with Crippen LogP contribution in [0.4, 0.5) is 10.7 Å². The van der Waals surface area contributed by atoms with Crippen LogP contribution in [0, 0.1) is 0 Å². The van der Waals surface area contributed by atoms with Gasteiger partial charge in [-0.15, -0.1) is 5.10 Å². The molecule has 2 aromatic heterocycles. The first-order chi connectivity index (χ1) is 11.7. The summed E-state index contributed by atoms with van der Waals surface area (Å²) in [4.78, 5) is 22.5. The molecule has 0 bridgehead atoms. The number of amides is 2. The number of piperidine rings is 1. The summed E-state index contributed by atoms with van der Waals surface area (Å²) < 4.78 is 1.67. The van der Waals surface area contributed by atoms with E-state index in [2.05, 4.69) is 30.6 Å². The van der Waals surface area contributed by atoms with E-state index in [1.54, 1.807) is 11.0 Å². The zero-order valence-electron chi connectivity index (χ0n) is 13.9. The molecule has 0 aliphatic carbocycles. The molecule has 1 saturated heterocycles. The summed E-state index contributed by atoms with van der Waals surface area (Å²) in [5, 5.41) is 9.83. The molecule has 0 aromatic carbocycles. The number of carbonyl (C=O) groups is 1. The van der Waals surface area contributed by atoms with Gasteiger partial charge in [0.05, 0.1) is 0 Å². The Morgan fingerprint density at radius 1 is 1.29 bits per heavy atom. The van der Waals surface area contributed by atoms with Gasteiger partial charge in [0.2, 0.25) is 5.95 Å². The lowest BCUT2D eigenvalue weighted by Crippen LogP contribution is -2.45. The first-order valence-corrected chi connectivity index (χ1v) is 8.31. The molecule has 1 aliphatic heterocycles. The summed E-state index contributed by atoms with van der Waals surface area (Å²) in [7, 11) is 0. The number of pyridine rings is 1. The van der Waals surface area contributed by atoms with Crippen molar-refractivity contribution in [1.82, 2.24) is 30.0 Å². The molecule has 0 saturated carbocycles. The predicted molar refractivity (Wildman–Crippen MR) is 90.4 cm³/mol. The standard InChI is InChI=1S/C16H23N7O/c1-2-23-12-18-15(21-23)20-16(24)19-14-5-9-22(10-6-14)11-13-3-7-17-8-4-13/h3-4,7-8,12,14H,2,5-6,9-11H2,1H3,(H2,19,20,21,24). The number of rotatable bonds is 5. The van der Waals surface area contributed by atoms with Gasteiger partial charge < -0.3 is 5.32 Å². The van der Waals surface area contributed by atoms with Crippen LogP contribution in [0.5, 0.6) is 0 Å². The van der Waals surface area contributed by atoms with Gasteiger partial charge in [0.15, 0.2) is 0 Å². The number of nitrogens with zero attached hydrogens (tertiary/aromatic N) is 5. The smallest absolute Gasteiger partial charge is 0.321 e. The van der Waals surface area contributed by atoms with Crippen LogP contribution < -0.4 is 10.6 Å². The maximum absolute atomic E-state index is 12.0. The number of aromatic nitrogens is 4. The van der Waals surface area contributed by atoms with Crippen molar-refractivity contribution in [2.24, 2.45) is 0 Å². The molecule has 1 fully saturated rings. The minimum Gasteiger partial charge on any atom is -0.335 e. The van der Waals surface area contributed by atoms with Crippen molar-refractivity contribution in [2.45, 2.75) is 38.9 Å². The first-order valence-electron chi connectivity index (χ1n) is 8.31. The van der Waals surface area contributed by atoms with Crippen LogP contribution in [-0.4, -0.2) is 49.8 Å². The Hall–Kier alpha value is -2.48. The summed E-state index contributed by atoms with van der Waals surface area (Å²) in [6.07, 6.45) is 7.13. The molecular formula is C16H23N7O. The Kier molecular flexibility index (Phi) is 5.37. The highest BCUT2D eigenvalue weighted by atomic mass is 16.2. The third-order valence-electron chi connectivity index (χ3n) is 4.16. The maximum atomic E-state index is 12.0. The molecule has 3 heterocycles. The third kappa shape index (κ3) is 4.51. The highest BCUT2D eigenvalue weighted by Crippen LogP contribution is 2.13. The van der Waals surface area contributed by atoms with Gasteiger partial charge in [0.25, 0.3) is 0 Å². The maximum Gasteiger partial charge on any atom is 0.321 e. The van der Waals surface area contributed by atoms with E-state index >= 15 is 0 Å². The van der Waals surface area contributed by atoms with Crippen LogP contribution in [0.1, 0.15) is 25.3 Å². The molecule has 3 rings (SSSR count). The fourth-order valence-electron chi connectivity index (χ4n) is 2.81. The molecule has 0 spiro atoms. The van der Waals surface area contributed by atoms with E-state index in [0.29, 0.717) is 5.95 Å². The van der Waals surface area contributed by atoms with Crippen LogP contribution >= 0.6 is 0 Å². The lowest BCUT2D eigenvalue weighted by molar-refractivity contribution is 0.190. The monoisotopic (exact) mass is 329 g/mol. The number of aryl methyl sites for hydroxylation is 1. The van der Waals surface area contributed by atoms with Gasteiger partial charge in [-0.3, -0.25) is 19.9 Å². The van der Waals surface area contributed by atoms with E-state index in [1.165, 1.54) is 5.56 Å². The van der Waals surface area contributed by atoms with Crippen molar-refractivity contribution in [3.8, 4) is 0 Å². The Morgan fingerprint density at radius 2 is 2.04 bits per heavy atom. The van der Waals surface area contributed by atoms with Crippen molar-refractivity contribution >= 4 is 12.0 Å². The number of anilines is 1. The normalized spacial score (nSPS) is 16.0. The lowest BCUT2D eigenvalue weighted by atomic mass is 10.0. The van der Waals surface area contributed by atoms with Crippen molar-refractivity contribution in [1.29, 1.82) is 0 Å². The van der Waals surface area contributed by atoms with E-state index in [1.807, 2.05) is 31.5 Å². The highest BCUT2D eigenvalue weighted by molar-refractivity contribution is 5.87. The van der Waals surface area contributed by atoms with Gasteiger partial charge in [-0.1, -0.05) is 0 Å². The Morgan fingerprint density at radius 3 is 2.71 bits per heavy atom. The summed E-state index contributed by atoms with van der Waals surface area (Å²) in [5.41, 5.74) is 1.27. The van der Waals surface area contributed by atoms with E-state index in [0.717, 1.165) is 39.0 Å². The Labute approximate surface area is 141 Å². The zero-order chi connectivity index (χ0) is 16.8. The number of hydrogen-bond acceptors (Lipinski definition) is 5. The minimum atomic E-state index is -0.239. The number of urea groups is 1. The highest BCUT2D eigenvalue weighted by Gasteiger charge is 2.21. The SMILES string of the molecule is CCn1cnc(NC(=O)NC2CCN(Cc3ccncc3)CC2)n1. The molecule has 2 amide bonds. The van der Waals surface area contributed by atoms with E-state index < -0.39 is 0 Å². The number of nitrogens with one attached hydrogen (secondary N) is 2. The molecule has 0 unspecified atom stereocenters. The van der Waals surface area contributed by atoms with Crippen LogP contribution in [-0.2, 0) is 13.1 Å². The summed E-state index contributed by atoms with van der Waals surface area (Å²) in [5.74, 6) is 0.337. The third-order valence-corrected chi connectivity index (χ3v) is 4.16. The molecule has 8 nitrogen and oxygen atoms in total. The topological polar surface area (TPSA) is 88.0 Å². The molecule has 0 atom stereocenters. The molecule has 0 radical (unpaired) electrons. The van der Waals surface area contributed by atoms with Gasteiger partial charge in [0.1, 0.15) is 6.33 Å². The molecule has 128 valence electrons. The quantitative estimate of drug-likeness (QED) is 0.867. The predicted octanol–water partition coefficient (Wildman–Crippen LogP) is 1.48. The van der Waals surface area contributed by atoms with Crippen molar-refractivity contribution in [2.75, 3.05) is 18.4 Å². The molecule has 24 heavy (non-hydrogen) atoms. The van der Waals surface area contributed by atoms with Gasteiger partial charge in [0, 0.05) is 44.6 Å². The molecule has 2 N–H and O–H groups in total. The Bertz CT molecular complexity index is 649. The fourth-order valence-corrected chi connectivity index (χ4v) is 2.81. The minimum absolute atomic E-state index is 0.187. The van der Waals surface area contributed by atoms with Gasteiger partial charge >= 0.3 is 6.03 Å². The van der Waals surface area contributed by atoms with Crippen LogP contribution in [0.3, 0.4) is 0 Å². The largest absolute Gasteiger partial charge is 0.335 e. The Balaban J connectivity index is 1.41. The van der Waals surface area contributed by atoms with Crippen molar-refractivity contribution < 1.29 is 4.79 Å². The summed E-state index contributed by atoms with van der Waals surface area (Å²) in [6, 6.07) is 4.03. The second kappa shape index (κ2) is 7.87. The summed E-state index contributed by atoms with van der Waals surface area (Å²) >= 11 is 0. The van der Waals surface area contributed by atoms with Gasteiger partial charge in [-0.05, 0) is 37.5 Å². The van der Waals surface area contributed by atoms with E-state index in [9.17, 15) is 4.79 Å². The van der Waals surface area contributed by atoms with Gasteiger partial charge in [-0.25, -0.2) is 9.78 Å². The van der Waals surface area contributed by atoms with Gasteiger partial charge in [-0.2, -0.15) is 0 Å². The van der Waals surface area contributed by atoms with E-state index in [4.69, 9.17) is 0 Å². The lowest BCUT2D eigenvalue weighted by Gasteiger charge is -2.32. The molecule has 2 aromatic rings.